The number of nitrogens with zero attached hydrogens (tertiary/aromatic N) is 1. The molecule has 0 radical (unpaired) electrons. The molecule has 0 bridgehead atoms. The number of fused-ring (bicyclic) bond motifs is 3. The van der Waals surface area contributed by atoms with Crippen LogP contribution >= 0.6 is 0 Å². The maximum absolute atomic E-state index is 9.95. The fourth-order valence-electron chi connectivity index (χ4n) is 3.38. The van der Waals surface area contributed by atoms with E-state index in [4.69, 9.17) is 4.74 Å². The molecule has 0 saturated carbocycles. The molecule has 3 heteroatoms. The van der Waals surface area contributed by atoms with Crippen molar-refractivity contribution >= 4 is 0 Å². The van der Waals surface area contributed by atoms with Crippen LogP contribution in [-0.4, -0.2) is 35.7 Å². The van der Waals surface area contributed by atoms with Gasteiger partial charge in [-0.05, 0) is 43.0 Å². The average Bonchev–Trinajstić information content (AvgIpc) is 2.40. The molecule has 0 spiro atoms. The zero-order chi connectivity index (χ0) is 12.5. The third-order valence-electron chi connectivity index (χ3n) is 4.19. The Morgan fingerprint density at radius 1 is 1.44 bits per heavy atom. The fourth-order valence-corrected chi connectivity index (χ4v) is 3.38. The zero-order valence-corrected chi connectivity index (χ0v) is 10.9. The van der Waals surface area contributed by atoms with Crippen LogP contribution in [0, 0.1) is 0 Å². The summed E-state index contributed by atoms with van der Waals surface area (Å²) in [6.45, 7) is 5.23. The van der Waals surface area contributed by atoms with Gasteiger partial charge >= 0.3 is 0 Å². The summed E-state index contributed by atoms with van der Waals surface area (Å²) in [7, 11) is 0. The van der Waals surface area contributed by atoms with E-state index in [1.807, 2.05) is 6.07 Å². The minimum Gasteiger partial charge on any atom is -0.508 e. The van der Waals surface area contributed by atoms with Gasteiger partial charge in [0, 0.05) is 12.6 Å². The van der Waals surface area contributed by atoms with Gasteiger partial charge in [0.05, 0.1) is 12.7 Å². The number of morpholine rings is 1. The highest BCUT2D eigenvalue weighted by atomic mass is 16.5. The first-order valence-electron chi connectivity index (χ1n) is 6.97. The lowest BCUT2D eigenvalue weighted by molar-refractivity contribution is -0.0802. The van der Waals surface area contributed by atoms with Gasteiger partial charge in [0.1, 0.15) is 5.75 Å². The molecule has 1 aliphatic heterocycles. The summed E-state index contributed by atoms with van der Waals surface area (Å²) in [5.41, 5.74) is 2.30. The highest BCUT2D eigenvalue weighted by molar-refractivity contribution is 5.43. The van der Waals surface area contributed by atoms with Crippen molar-refractivity contribution in [3.8, 4) is 5.75 Å². The summed E-state index contributed by atoms with van der Waals surface area (Å²) < 4.78 is 5.99. The molecule has 1 aromatic carbocycles. The number of ether oxygens (including phenoxy) is 1. The van der Waals surface area contributed by atoms with Gasteiger partial charge in [0.15, 0.2) is 0 Å². The first kappa shape index (κ1) is 12.0. The van der Waals surface area contributed by atoms with Crippen molar-refractivity contribution in [3.05, 3.63) is 29.3 Å². The number of benzene rings is 1. The van der Waals surface area contributed by atoms with Crippen molar-refractivity contribution in [2.75, 3.05) is 19.7 Å². The Morgan fingerprint density at radius 2 is 2.33 bits per heavy atom. The van der Waals surface area contributed by atoms with Crippen LogP contribution in [0.15, 0.2) is 18.2 Å². The topological polar surface area (TPSA) is 32.7 Å². The molecule has 1 aromatic rings. The SMILES string of the molecule is CCCN1CCOC2c3cccc(O)c3CCC21. The van der Waals surface area contributed by atoms with Crippen molar-refractivity contribution in [3.63, 3.8) is 0 Å². The predicted octanol–water partition coefficient (Wildman–Crippen LogP) is 2.49. The van der Waals surface area contributed by atoms with Gasteiger partial charge in [-0.3, -0.25) is 4.90 Å². The van der Waals surface area contributed by atoms with Gasteiger partial charge in [-0.1, -0.05) is 19.1 Å². The summed E-state index contributed by atoms with van der Waals surface area (Å²) in [6, 6.07) is 6.32. The summed E-state index contributed by atoms with van der Waals surface area (Å²) >= 11 is 0. The van der Waals surface area contributed by atoms with E-state index in [1.165, 1.54) is 12.0 Å². The lowest BCUT2D eigenvalue weighted by atomic mass is 9.83. The summed E-state index contributed by atoms with van der Waals surface area (Å²) in [6.07, 6.45) is 3.40. The normalized spacial score (nSPS) is 27.6. The van der Waals surface area contributed by atoms with Crippen molar-refractivity contribution in [1.82, 2.24) is 4.90 Å². The van der Waals surface area contributed by atoms with Crippen LogP contribution in [0.3, 0.4) is 0 Å². The molecule has 2 atom stereocenters. The number of aromatic hydroxyl groups is 1. The zero-order valence-electron chi connectivity index (χ0n) is 10.9. The molecular formula is C15H21NO2. The predicted molar refractivity (Wildman–Crippen MR) is 70.8 cm³/mol. The molecule has 18 heavy (non-hydrogen) atoms. The summed E-state index contributed by atoms with van der Waals surface area (Å²) in [4.78, 5) is 2.56. The van der Waals surface area contributed by atoms with E-state index in [1.54, 1.807) is 6.07 Å². The van der Waals surface area contributed by atoms with Crippen LogP contribution in [0.1, 0.15) is 37.0 Å². The average molecular weight is 247 g/mol. The lowest BCUT2D eigenvalue weighted by Crippen LogP contribution is -2.49. The third kappa shape index (κ3) is 1.91. The number of phenols is 1. The van der Waals surface area contributed by atoms with Crippen molar-refractivity contribution < 1.29 is 9.84 Å². The second kappa shape index (κ2) is 4.90. The minimum absolute atomic E-state index is 0.154. The minimum atomic E-state index is 0.154. The van der Waals surface area contributed by atoms with Crippen molar-refractivity contribution in [1.29, 1.82) is 0 Å². The monoisotopic (exact) mass is 247 g/mol. The van der Waals surface area contributed by atoms with Gasteiger partial charge in [0.2, 0.25) is 0 Å². The number of hydrogen-bond acceptors (Lipinski definition) is 3. The first-order valence-corrected chi connectivity index (χ1v) is 6.97. The van der Waals surface area contributed by atoms with Crippen LogP contribution in [0.25, 0.3) is 0 Å². The second-order valence-corrected chi connectivity index (χ2v) is 5.28. The highest BCUT2D eigenvalue weighted by Crippen LogP contribution is 2.40. The van der Waals surface area contributed by atoms with E-state index in [2.05, 4.69) is 17.9 Å². The quantitative estimate of drug-likeness (QED) is 0.871. The highest BCUT2D eigenvalue weighted by Gasteiger charge is 2.37. The largest absolute Gasteiger partial charge is 0.508 e. The molecule has 3 nitrogen and oxygen atoms in total. The molecule has 1 N–H and O–H groups in total. The smallest absolute Gasteiger partial charge is 0.119 e. The Bertz CT molecular complexity index is 431. The van der Waals surface area contributed by atoms with Crippen LogP contribution in [0.4, 0.5) is 0 Å². The maximum Gasteiger partial charge on any atom is 0.119 e. The van der Waals surface area contributed by atoms with E-state index in [0.29, 0.717) is 11.8 Å². The Kier molecular flexibility index (Phi) is 3.27. The van der Waals surface area contributed by atoms with Crippen molar-refractivity contribution in [2.45, 2.75) is 38.3 Å². The Labute approximate surface area is 108 Å². The lowest BCUT2D eigenvalue weighted by Gasteiger charge is -2.44. The van der Waals surface area contributed by atoms with Crippen LogP contribution < -0.4 is 0 Å². The van der Waals surface area contributed by atoms with Gasteiger partial charge in [-0.15, -0.1) is 0 Å². The van der Waals surface area contributed by atoms with Gasteiger partial charge in [-0.25, -0.2) is 0 Å². The fraction of sp³-hybridized carbons (Fsp3) is 0.600. The van der Waals surface area contributed by atoms with Crippen LogP contribution in [0.2, 0.25) is 0 Å². The Hall–Kier alpha value is -1.06. The molecule has 3 rings (SSSR count). The summed E-state index contributed by atoms with van der Waals surface area (Å²) in [5.74, 6) is 0.433. The molecule has 2 aliphatic rings. The Balaban J connectivity index is 1.92. The second-order valence-electron chi connectivity index (χ2n) is 5.28. The van der Waals surface area contributed by atoms with E-state index in [9.17, 15) is 5.11 Å². The molecule has 1 fully saturated rings. The van der Waals surface area contributed by atoms with E-state index in [0.717, 1.165) is 38.1 Å². The maximum atomic E-state index is 9.95. The third-order valence-corrected chi connectivity index (χ3v) is 4.19. The molecule has 1 saturated heterocycles. The molecule has 1 heterocycles. The molecule has 98 valence electrons. The van der Waals surface area contributed by atoms with E-state index < -0.39 is 0 Å². The first-order chi connectivity index (χ1) is 8.81. The number of rotatable bonds is 2. The van der Waals surface area contributed by atoms with E-state index in [-0.39, 0.29) is 6.10 Å². The standard InChI is InChI=1S/C15H21NO2/c1-2-8-16-9-10-18-15-12-4-3-5-14(17)11(12)6-7-13(15)16/h3-5,13,15,17H,2,6-10H2,1H3. The molecule has 0 amide bonds. The van der Waals surface area contributed by atoms with Crippen molar-refractivity contribution in [2.24, 2.45) is 0 Å². The summed E-state index contributed by atoms with van der Waals surface area (Å²) in [5, 5.41) is 9.95. The van der Waals surface area contributed by atoms with Gasteiger partial charge < -0.3 is 9.84 Å². The van der Waals surface area contributed by atoms with Crippen LogP contribution in [0.5, 0.6) is 5.75 Å². The molecule has 1 aliphatic carbocycles. The van der Waals surface area contributed by atoms with Gasteiger partial charge in [-0.2, -0.15) is 0 Å². The van der Waals surface area contributed by atoms with Crippen LogP contribution in [-0.2, 0) is 11.2 Å². The molecular weight excluding hydrogens is 226 g/mol. The van der Waals surface area contributed by atoms with Gasteiger partial charge in [0.25, 0.3) is 0 Å². The molecule has 0 aromatic heterocycles. The number of hydrogen-bond donors (Lipinski definition) is 1. The number of phenolic OH excluding ortho intramolecular Hbond substituents is 1. The van der Waals surface area contributed by atoms with E-state index >= 15 is 0 Å². The Morgan fingerprint density at radius 3 is 3.17 bits per heavy atom. The molecule has 2 unspecified atom stereocenters.